The van der Waals surface area contributed by atoms with Crippen LogP contribution in [-0.2, 0) is 0 Å². The molecule has 0 bridgehead atoms. The van der Waals surface area contributed by atoms with Gasteiger partial charge in [-0.3, -0.25) is 0 Å². The zero-order valence-corrected chi connectivity index (χ0v) is 7.64. The average Bonchev–Trinajstić information content (AvgIpc) is 2.09. The Hall–Kier alpha value is -0.800. The van der Waals surface area contributed by atoms with Crippen LogP contribution in [0.2, 0.25) is 5.02 Å². The van der Waals surface area contributed by atoms with Crippen LogP contribution >= 0.6 is 11.6 Å². The van der Waals surface area contributed by atoms with Crippen molar-refractivity contribution >= 4 is 11.6 Å². The maximum Gasteiger partial charge on any atom is 0.232 e. The van der Waals surface area contributed by atoms with E-state index in [0.717, 1.165) is 6.54 Å². The maximum absolute atomic E-state index is 5.80. The number of hydrogen-bond acceptors (Lipinski definition) is 3. The monoisotopic (exact) mass is 186 g/mol. The van der Waals surface area contributed by atoms with Gasteiger partial charge in [-0.2, -0.15) is 0 Å². The van der Waals surface area contributed by atoms with Crippen molar-refractivity contribution in [1.29, 1.82) is 0 Å². The number of pyridine rings is 1. The highest BCUT2D eigenvalue weighted by Gasteiger charge is 1.99. The molecule has 0 spiro atoms. The van der Waals surface area contributed by atoms with Crippen LogP contribution in [0.1, 0.15) is 0 Å². The van der Waals surface area contributed by atoms with Gasteiger partial charge >= 0.3 is 0 Å². The summed E-state index contributed by atoms with van der Waals surface area (Å²) < 4.78 is 5.27. The Labute approximate surface area is 76.7 Å². The summed E-state index contributed by atoms with van der Waals surface area (Å²) in [6.07, 6.45) is 1.65. The molecule has 0 unspecified atom stereocenters. The van der Waals surface area contributed by atoms with Crippen LogP contribution in [0.5, 0.6) is 5.88 Å². The fourth-order valence-corrected chi connectivity index (χ4v) is 0.903. The fourth-order valence-electron chi connectivity index (χ4n) is 0.727. The van der Waals surface area contributed by atoms with Gasteiger partial charge in [-0.1, -0.05) is 11.6 Å². The average molecular weight is 187 g/mol. The smallest absolute Gasteiger partial charge is 0.232 e. The largest absolute Gasteiger partial charge is 0.475 e. The summed E-state index contributed by atoms with van der Waals surface area (Å²) in [6.45, 7) is 1.36. The van der Waals surface area contributed by atoms with E-state index in [1.807, 2.05) is 7.05 Å². The van der Waals surface area contributed by atoms with Crippen LogP contribution in [0.25, 0.3) is 0 Å². The summed E-state index contributed by atoms with van der Waals surface area (Å²) in [5.74, 6) is 0.495. The Bertz CT molecular complexity index is 242. The summed E-state index contributed by atoms with van der Waals surface area (Å²) in [5.41, 5.74) is 0. The number of likely N-dealkylation sites (N-methyl/N-ethyl adjacent to an activating group) is 1. The molecule has 1 rings (SSSR count). The Morgan fingerprint density at radius 1 is 1.67 bits per heavy atom. The van der Waals surface area contributed by atoms with E-state index >= 15 is 0 Å². The topological polar surface area (TPSA) is 34.1 Å². The van der Waals surface area contributed by atoms with Gasteiger partial charge in [-0.05, 0) is 19.2 Å². The summed E-state index contributed by atoms with van der Waals surface area (Å²) in [4.78, 5) is 3.97. The molecule has 0 aromatic carbocycles. The van der Waals surface area contributed by atoms with Gasteiger partial charge in [0.2, 0.25) is 5.88 Å². The summed E-state index contributed by atoms with van der Waals surface area (Å²) in [5, 5.41) is 3.51. The third-order valence-corrected chi connectivity index (χ3v) is 1.60. The number of nitrogens with one attached hydrogen (secondary N) is 1. The number of hydrogen-bond donors (Lipinski definition) is 1. The standard InChI is InChI=1S/C8H11ClN2O/c1-10-5-6-12-8-7(9)3-2-4-11-8/h2-4,10H,5-6H2,1H3. The van der Waals surface area contributed by atoms with Crippen LogP contribution in [0.15, 0.2) is 18.3 Å². The van der Waals surface area contributed by atoms with Gasteiger partial charge in [0.15, 0.2) is 0 Å². The maximum atomic E-state index is 5.80. The molecular formula is C8H11ClN2O. The fraction of sp³-hybridized carbons (Fsp3) is 0.375. The molecule has 0 radical (unpaired) electrons. The van der Waals surface area contributed by atoms with Gasteiger partial charge in [0.05, 0.1) is 0 Å². The normalized spacial score (nSPS) is 9.83. The molecule has 0 aliphatic heterocycles. The van der Waals surface area contributed by atoms with Crippen LogP contribution in [0, 0.1) is 0 Å². The lowest BCUT2D eigenvalue weighted by atomic mass is 10.5. The van der Waals surface area contributed by atoms with Gasteiger partial charge in [0.25, 0.3) is 0 Å². The third kappa shape index (κ3) is 2.68. The molecule has 3 nitrogen and oxygen atoms in total. The van der Waals surface area contributed by atoms with Crippen molar-refractivity contribution in [3.8, 4) is 5.88 Å². The van der Waals surface area contributed by atoms with E-state index in [1.54, 1.807) is 18.3 Å². The first-order valence-electron chi connectivity index (χ1n) is 3.72. The predicted molar refractivity (Wildman–Crippen MR) is 48.7 cm³/mol. The SMILES string of the molecule is CNCCOc1ncccc1Cl. The molecule has 1 heterocycles. The molecule has 66 valence electrons. The van der Waals surface area contributed by atoms with Crippen LogP contribution in [0.4, 0.5) is 0 Å². The lowest BCUT2D eigenvalue weighted by molar-refractivity contribution is 0.306. The lowest BCUT2D eigenvalue weighted by Crippen LogP contribution is -2.16. The Morgan fingerprint density at radius 2 is 2.50 bits per heavy atom. The second-order valence-electron chi connectivity index (χ2n) is 2.24. The third-order valence-electron chi connectivity index (χ3n) is 1.32. The van der Waals surface area contributed by atoms with Crippen LogP contribution in [-0.4, -0.2) is 25.2 Å². The molecule has 0 atom stereocenters. The second-order valence-corrected chi connectivity index (χ2v) is 2.65. The first-order valence-corrected chi connectivity index (χ1v) is 4.10. The summed E-state index contributed by atoms with van der Waals surface area (Å²) in [7, 11) is 1.86. The zero-order chi connectivity index (χ0) is 8.81. The van der Waals surface area contributed by atoms with Crippen molar-refractivity contribution in [3.63, 3.8) is 0 Å². The summed E-state index contributed by atoms with van der Waals surface area (Å²) >= 11 is 5.80. The molecule has 1 N–H and O–H groups in total. The zero-order valence-electron chi connectivity index (χ0n) is 6.88. The predicted octanol–water partition coefficient (Wildman–Crippen LogP) is 1.33. The highest BCUT2D eigenvalue weighted by atomic mass is 35.5. The molecule has 1 aromatic heterocycles. The van der Waals surface area contributed by atoms with E-state index in [2.05, 4.69) is 10.3 Å². The number of nitrogens with zero attached hydrogens (tertiary/aromatic N) is 1. The van der Waals surface area contributed by atoms with E-state index in [4.69, 9.17) is 16.3 Å². The highest BCUT2D eigenvalue weighted by Crippen LogP contribution is 2.19. The van der Waals surface area contributed by atoms with Crippen molar-refractivity contribution in [3.05, 3.63) is 23.4 Å². The molecule has 0 saturated carbocycles. The van der Waals surface area contributed by atoms with Gasteiger partial charge in [0, 0.05) is 12.7 Å². The van der Waals surface area contributed by atoms with Gasteiger partial charge in [-0.15, -0.1) is 0 Å². The Morgan fingerprint density at radius 3 is 3.17 bits per heavy atom. The van der Waals surface area contributed by atoms with Crippen LogP contribution < -0.4 is 10.1 Å². The van der Waals surface area contributed by atoms with E-state index in [9.17, 15) is 0 Å². The molecule has 1 aromatic rings. The van der Waals surface area contributed by atoms with Crippen molar-refractivity contribution in [1.82, 2.24) is 10.3 Å². The molecule has 0 aliphatic carbocycles. The number of aromatic nitrogens is 1. The molecule has 0 fully saturated rings. The molecular weight excluding hydrogens is 176 g/mol. The first-order chi connectivity index (χ1) is 5.84. The molecule has 0 aliphatic rings. The minimum absolute atomic E-state index is 0.495. The van der Waals surface area contributed by atoms with E-state index in [0.29, 0.717) is 17.5 Å². The number of halogens is 1. The minimum Gasteiger partial charge on any atom is -0.475 e. The minimum atomic E-state index is 0.495. The summed E-state index contributed by atoms with van der Waals surface area (Å²) in [6, 6.07) is 3.52. The Balaban J connectivity index is 2.46. The van der Waals surface area contributed by atoms with Gasteiger partial charge < -0.3 is 10.1 Å². The van der Waals surface area contributed by atoms with Crippen molar-refractivity contribution in [2.75, 3.05) is 20.2 Å². The molecule has 0 saturated heterocycles. The molecule has 0 amide bonds. The first kappa shape index (κ1) is 9.29. The quantitative estimate of drug-likeness (QED) is 0.721. The van der Waals surface area contributed by atoms with E-state index < -0.39 is 0 Å². The number of rotatable bonds is 4. The van der Waals surface area contributed by atoms with Crippen molar-refractivity contribution in [2.24, 2.45) is 0 Å². The number of ether oxygens (including phenoxy) is 1. The van der Waals surface area contributed by atoms with E-state index in [1.165, 1.54) is 0 Å². The highest BCUT2D eigenvalue weighted by molar-refractivity contribution is 6.31. The molecule has 4 heteroatoms. The Kier molecular flexibility index (Phi) is 3.84. The molecule has 12 heavy (non-hydrogen) atoms. The van der Waals surface area contributed by atoms with Crippen molar-refractivity contribution in [2.45, 2.75) is 0 Å². The van der Waals surface area contributed by atoms with Crippen LogP contribution in [0.3, 0.4) is 0 Å². The second kappa shape index (κ2) is 4.95. The van der Waals surface area contributed by atoms with E-state index in [-0.39, 0.29) is 0 Å². The van der Waals surface area contributed by atoms with Gasteiger partial charge in [-0.25, -0.2) is 4.98 Å². The lowest BCUT2D eigenvalue weighted by Gasteiger charge is -2.04. The van der Waals surface area contributed by atoms with Gasteiger partial charge in [0.1, 0.15) is 11.6 Å². The van der Waals surface area contributed by atoms with Crippen molar-refractivity contribution < 1.29 is 4.74 Å².